The number of carboxylic acid groups (broad SMARTS) is 1. The van der Waals surface area contributed by atoms with Gasteiger partial charge in [-0.3, -0.25) is 9.78 Å². The SMILES string of the molecule is Cc1cccnc1C(=O)N1CCc2sccc2C1C(=O)O. The highest BCUT2D eigenvalue weighted by molar-refractivity contribution is 7.10. The van der Waals surface area contributed by atoms with Gasteiger partial charge in [-0.25, -0.2) is 4.79 Å². The number of aryl methyl sites for hydroxylation is 1. The highest BCUT2D eigenvalue weighted by Crippen LogP contribution is 2.34. The molecule has 0 fully saturated rings. The fourth-order valence-electron chi connectivity index (χ4n) is 2.65. The van der Waals surface area contributed by atoms with Gasteiger partial charge in [0.1, 0.15) is 5.69 Å². The fourth-order valence-corrected chi connectivity index (χ4v) is 3.55. The van der Waals surface area contributed by atoms with Gasteiger partial charge in [-0.05, 0) is 42.0 Å². The number of aliphatic carboxylic acids is 1. The molecule has 3 heterocycles. The Hall–Kier alpha value is -2.21. The number of carbonyl (C=O) groups excluding carboxylic acids is 1. The Kier molecular flexibility index (Phi) is 3.47. The Labute approximate surface area is 125 Å². The zero-order valence-electron chi connectivity index (χ0n) is 11.4. The number of fused-ring (bicyclic) bond motifs is 1. The molecular formula is C15H14N2O3S. The number of aromatic nitrogens is 1. The molecule has 108 valence electrons. The summed E-state index contributed by atoms with van der Waals surface area (Å²) < 4.78 is 0. The van der Waals surface area contributed by atoms with Gasteiger partial charge in [-0.15, -0.1) is 11.3 Å². The maximum absolute atomic E-state index is 12.7. The summed E-state index contributed by atoms with van der Waals surface area (Å²) in [4.78, 5) is 30.9. The van der Waals surface area contributed by atoms with E-state index < -0.39 is 12.0 Å². The molecule has 1 aliphatic rings. The van der Waals surface area contributed by atoms with Crippen LogP contribution in [-0.4, -0.2) is 33.4 Å². The van der Waals surface area contributed by atoms with Crippen molar-refractivity contribution in [3.63, 3.8) is 0 Å². The summed E-state index contributed by atoms with van der Waals surface area (Å²) in [5.41, 5.74) is 1.80. The first-order valence-corrected chi connectivity index (χ1v) is 7.49. The Balaban J connectivity index is 2.00. The predicted molar refractivity (Wildman–Crippen MR) is 78.4 cm³/mol. The van der Waals surface area contributed by atoms with E-state index in [-0.39, 0.29) is 5.91 Å². The average molecular weight is 302 g/mol. The fraction of sp³-hybridized carbons (Fsp3) is 0.267. The van der Waals surface area contributed by atoms with E-state index in [2.05, 4.69) is 4.98 Å². The van der Waals surface area contributed by atoms with E-state index in [4.69, 9.17) is 0 Å². The number of carboxylic acids is 1. The van der Waals surface area contributed by atoms with Gasteiger partial charge in [0, 0.05) is 17.6 Å². The summed E-state index contributed by atoms with van der Waals surface area (Å²) in [6, 6.07) is 4.43. The lowest BCUT2D eigenvalue weighted by atomic mass is 9.99. The highest BCUT2D eigenvalue weighted by atomic mass is 32.1. The third kappa shape index (κ3) is 2.31. The molecule has 1 amide bonds. The molecule has 3 rings (SSSR count). The number of pyridine rings is 1. The molecule has 0 spiro atoms. The monoisotopic (exact) mass is 302 g/mol. The minimum Gasteiger partial charge on any atom is -0.479 e. The minimum absolute atomic E-state index is 0.322. The molecule has 0 aliphatic carbocycles. The lowest BCUT2D eigenvalue weighted by molar-refractivity contribution is -0.142. The van der Waals surface area contributed by atoms with Crippen molar-refractivity contribution in [2.24, 2.45) is 0 Å². The van der Waals surface area contributed by atoms with Crippen LogP contribution >= 0.6 is 11.3 Å². The van der Waals surface area contributed by atoms with Gasteiger partial charge in [0.25, 0.3) is 5.91 Å². The predicted octanol–water partition coefficient (Wildman–Crippen LogP) is 2.28. The summed E-state index contributed by atoms with van der Waals surface area (Å²) in [6.45, 7) is 2.20. The summed E-state index contributed by atoms with van der Waals surface area (Å²) in [7, 11) is 0. The molecule has 6 heteroatoms. The molecule has 21 heavy (non-hydrogen) atoms. The molecule has 1 N–H and O–H groups in total. The zero-order chi connectivity index (χ0) is 15.0. The Morgan fingerprint density at radius 2 is 2.24 bits per heavy atom. The Morgan fingerprint density at radius 3 is 2.95 bits per heavy atom. The molecule has 1 unspecified atom stereocenters. The first-order valence-electron chi connectivity index (χ1n) is 6.61. The Bertz CT molecular complexity index is 710. The molecule has 0 aromatic carbocycles. The van der Waals surface area contributed by atoms with Crippen LogP contribution in [-0.2, 0) is 11.2 Å². The maximum atomic E-state index is 12.7. The first-order chi connectivity index (χ1) is 10.1. The van der Waals surface area contributed by atoms with Crippen LogP contribution in [0, 0.1) is 6.92 Å². The zero-order valence-corrected chi connectivity index (χ0v) is 12.3. The van der Waals surface area contributed by atoms with Gasteiger partial charge in [0.05, 0.1) is 0 Å². The molecule has 0 bridgehead atoms. The van der Waals surface area contributed by atoms with Crippen LogP contribution in [0.15, 0.2) is 29.8 Å². The number of hydrogen-bond donors (Lipinski definition) is 1. The summed E-state index contributed by atoms with van der Waals surface area (Å²) >= 11 is 1.54. The lowest BCUT2D eigenvalue weighted by Crippen LogP contribution is -2.43. The van der Waals surface area contributed by atoms with Gasteiger partial charge in [-0.2, -0.15) is 0 Å². The largest absolute Gasteiger partial charge is 0.479 e. The van der Waals surface area contributed by atoms with Gasteiger partial charge >= 0.3 is 5.97 Å². The van der Waals surface area contributed by atoms with E-state index in [9.17, 15) is 14.7 Å². The van der Waals surface area contributed by atoms with E-state index in [1.165, 1.54) is 4.90 Å². The summed E-state index contributed by atoms with van der Waals surface area (Å²) in [5, 5.41) is 11.4. The standard InChI is InChI=1S/C15H14N2O3S/c1-9-3-2-6-16-12(9)14(18)17-7-4-11-10(5-8-21-11)13(17)15(19)20/h2-3,5-6,8,13H,4,7H2,1H3,(H,19,20). The molecule has 0 saturated carbocycles. The van der Waals surface area contributed by atoms with Crippen molar-refractivity contribution in [2.75, 3.05) is 6.54 Å². The van der Waals surface area contributed by atoms with Gasteiger partial charge in [-0.1, -0.05) is 6.07 Å². The third-order valence-electron chi connectivity index (χ3n) is 3.67. The van der Waals surface area contributed by atoms with Gasteiger partial charge < -0.3 is 10.0 Å². The second kappa shape index (κ2) is 5.29. The molecule has 1 atom stereocenters. The van der Waals surface area contributed by atoms with Crippen LogP contribution in [0.1, 0.15) is 32.5 Å². The lowest BCUT2D eigenvalue weighted by Gasteiger charge is -2.33. The van der Waals surface area contributed by atoms with Crippen molar-refractivity contribution >= 4 is 23.2 Å². The molecule has 2 aromatic heterocycles. The highest BCUT2D eigenvalue weighted by Gasteiger charge is 2.37. The van der Waals surface area contributed by atoms with Crippen LogP contribution in [0.4, 0.5) is 0 Å². The number of thiophene rings is 1. The van der Waals surface area contributed by atoms with Crippen molar-refractivity contribution in [1.29, 1.82) is 0 Å². The van der Waals surface area contributed by atoms with Gasteiger partial charge in [0.15, 0.2) is 6.04 Å². The van der Waals surface area contributed by atoms with Crippen LogP contribution in [0.5, 0.6) is 0 Å². The second-order valence-corrected chi connectivity index (χ2v) is 5.96. The van der Waals surface area contributed by atoms with Crippen LogP contribution in [0.25, 0.3) is 0 Å². The number of hydrogen-bond acceptors (Lipinski definition) is 4. The minimum atomic E-state index is -1.00. The maximum Gasteiger partial charge on any atom is 0.331 e. The number of amides is 1. The van der Waals surface area contributed by atoms with Gasteiger partial charge in [0.2, 0.25) is 0 Å². The molecule has 5 nitrogen and oxygen atoms in total. The van der Waals surface area contributed by atoms with Crippen molar-refractivity contribution < 1.29 is 14.7 Å². The van der Waals surface area contributed by atoms with Crippen LogP contribution in [0.2, 0.25) is 0 Å². The topological polar surface area (TPSA) is 70.5 Å². The van der Waals surface area contributed by atoms with Crippen molar-refractivity contribution in [2.45, 2.75) is 19.4 Å². The average Bonchev–Trinajstić information content (AvgIpc) is 2.94. The number of nitrogens with zero attached hydrogens (tertiary/aromatic N) is 2. The Morgan fingerprint density at radius 1 is 1.43 bits per heavy atom. The van der Waals surface area contributed by atoms with Crippen LogP contribution < -0.4 is 0 Å². The van der Waals surface area contributed by atoms with E-state index in [0.717, 1.165) is 16.0 Å². The number of carbonyl (C=O) groups is 2. The van der Waals surface area contributed by atoms with E-state index in [1.54, 1.807) is 42.7 Å². The summed E-state index contributed by atoms with van der Waals surface area (Å²) in [5.74, 6) is -1.33. The second-order valence-electron chi connectivity index (χ2n) is 4.96. The van der Waals surface area contributed by atoms with E-state index >= 15 is 0 Å². The molecular weight excluding hydrogens is 288 g/mol. The van der Waals surface area contributed by atoms with Crippen molar-refractivity contribution in [3.05, 3.63) is 51.5 Å². The molecule has 0 radical (unpaired) electrons. The molecule has 0 saturated heterocycles. The van der Waals surface area contributed by atoms with E-state index in [0.29, 0.717) is 18.7 Å². The van der Waals surface area contributed by atoms with Crippen molar-refractivity contribution in [1.82, 2.24) is 9.88 Å². The quantitative estimate of drug-likeness (QED) is 0.924. The van der Waals surface area contributed by atoms with E-state index in [1.807, 2.05) is 5.38 Å². The third-order valence-corrected chi connectivity index (χ3v) is 4.67. The first kappa shape index (κ1) is 13.8. The normalized spacial score (nSPS) is 17.4. The number of rotatable bonds is 2. The summed E-state index contributed by atoms with van der Waals surface area (Å²) in [6.07, 6.45) is 2.24. The van der Waals surface area contributed by atoms with Crippen LogP contribution in [0.3, 0.4) is 0 Å². The molecule has 1 aliphatic heterocycles. The smallest absolute Gasteiger partial charge is 0.331 e. The van der Waals surface area contributed by atoms with Crippen molar-refractivity contribution in [3.8, 4) is 0 Å². The molecule has 2 aromatic rings.